The molecule has 2 amide bonds. The summed E-state index contributed by atoms with van der Waals surface area (Å²) in [6.07, 6.45) is 0. The SMILES string of the molecule is CNC(=O)CNC(=O)c1ccc(Cl)c(N)c1. The lowest BCUT2D eigenvalue weighted by Crippen LogP contribution is -2.35. The maximum Gasteiger partial charge on any atom is 0.251 e. The standard InChI is InChI=1S/C10H12ClN3O2/c1-13-9(15)5-14-10(16)6-2-3-7(11)8(12)4-6/h2-4H,5,12H2,1H3,(H,13,15)(H,14,16). The summed E-state index contributed by atoms with van der Waals surface area (Å²) >= 11 is 5.71. The van der Waals surface area contributed by atoms with Gasteiger partial charge in [-0.1, -0.05) is 11.6 Å². The molecule has 0 spiro atoms. The summed E-state index contributed by atoms with van der Waals surface area (Å²) < 4.78 is 0. The zero-order chi connectivity index (χ0) is 12.1. The van der Waals surface area contributed by atoms with Crippen molar-refractivity contribution in [1.82, 2.24) is 10.6 Å². The first-order valence-corrected chi connectivity index (χ1v) is 4.96. The first kappa shape index (κ1) is 12.3. The minimum atomic E-state index is -0.369. The van der Waals surface area contributed by atoms with Gasteiger partial charge in [-0.05, 0) is 18.2 Å². The third kappa shape index (κ3) is 3.13. The van der Waals surface area contributed by atoms with Crippen molar-refractivity contribution < 1.29 is 9.59 Å². The number of hydrogen-bond acceptors (Lipinski definition) is 3. The van der Waals surface area contributed by atoms with Crippen molar-refractivity contribution in [2.75, 3.05) is 19.3 Å². The smallest absolute Gasteiger partial charge is 0.251 e. The zero-order valence-electron chi connectivity index (χ0n) is 8.71. The minimum Gasteiger partial charge on any atom is -0.398 e. The molecule has 0 aliphatic rings. The van der Waals surface area contributed by atoms with E-state index < -0.39 is 0 Å². The Morgan fingerprint density at radius 1 is 1.44 bits per heavy atom. The Labute approximate surface area is 98.0 Å². The minimum absolute atomic E-state index is 0.0716. The molecular formula is C10H12ClN3O2. The number of carbonyl (C=O) groups is 2. The van der Waals surface area contributed by atoms with Gasteiger partial charge in [0.1, 0.15) is 0 Å². The van der Waals surface area contributed by atoms with Crippen molar-refractivity contribution in [3.63, 3.8) is 0 Å². The molecule has 1 aromatic rings. The lowest BCUT2D eigenvalue weighted by molar-refractivity contribution is -0.119. The van der Waals surface area contributed by atoms with Crippen LogP contribution in [0.25, 0.3) is 0 Å². The molecule has 0 atom stereocenters. The van der Waals surface area contributed by atoms with Crippen LogP contribution in [-0.2, 0) is 4.79 Å². The molecule has 0 unspecified atom stereocenters. The summed E-state index contributed by atoms with van der Waals surface area (Å²) in [5.74, 6) is -0.637. The Balaban J connectivity index is 2.66. The van der Waals surface area contributed by atoms with Gasteiger partial charge in [0, 0.05) is 12.6 Å². The van der Waals surface area contributed by atoms with Crippen molar-refractivity contribution in [2.45, 2.75) is 0 Å². The number of amides is 2. The summed E-state index contributed by atoms with van der Waals surface area (Å²) in [6.45, 7) is -0.0716. The number of rotatable bonds is 3. The van der Waals surface area contributed by atoms with Gasteiger partial charge in [-0.2, -0.15) is 0 Å². The number of hydrogen-bond donors (Lipinski definition) is 3. The molecule has 0 radical (unpaired) electrons. The van der Waals surface area contributed by atoms with Crippen LogP contribution in [0.4, 0.5) is 5.69 Å². The zero-order valence-corrected chi connectivity index (χ0v) is 9.47. The van der Waals surface area contributed by atoms with Gasteiger partial charge in [-0.3, -0.25) is 9.59 Å². The fraction of sp³-hybridized carbons (Fsp3) is 0.200. The van der Waals surface area contributed by atoms with Crippen molar-refractivity contribution >= 4 is 29.1 Å². The Hall–Kier alpha value is -1.75. The largest absolute Gasteiger partial charge is 0.398 e. The van der Waals surface area contributed by atoms with Crippen molar-refractivity contribution in [2.24, 2.45) is 0 Å². The molecule has 0 aliphatic carbocycles. The van der Waals surface area contributed by atoms with Gasteiger partial charge < -0.3 is 16.4 Å². The van der Waals surface area contributed by atoms with Crippen LogP contribution >= 0.6 is 11.6 Å². The molecule has 6 heteroatoms. The topological polar surface area (TPSA) is 84.2 Å². The van der Waals surface area contributed by atoms with Crippen LogP contribution in [0.15, 0.2) is 18.2 Å². The number of nitrogen functional groups attached to an aromatic ring is 1. The molecule has 0 saturated heterocycles. The fourth-order valence-corrected chi connectivity index (χ4v) is 1.15. The van der Waals surface area contributed by atoms with E-state index in [0.29, 0.717) is 16.3 Å². The van der Waals surface area contributed by atoms with E-state index in [9.17, 15) is 9.59 Å². The van der Waals surface area contributed by atoms with Crippen LogP contribution in [0, 0.1) is 0 Å². The Kier molecular flexibility index (Phi) is 4.13. The average Bonchev–Trinajstić information content (AvgIpc) is 2.29. The van der Waals surface area contributed by atoms with Gasteiger partial charge in [0.05, 0.1) is 17.3 Å². The van der Waals surface area contributed by atoms with E-state index in [1.807, 2.05) is 0 Å². The van der Waals surface area contributed by atoms with Crippen molar-refractivity contribution in [1.29, 1.82) is 0 Å². The van der Waals surface area contributed by atoms with Crippen LogP contribution in [0.2, 0.25) is 5.02 Å². The summed E-state index contributed by atoms with van der Waals surface area (Å²) in [4.78, 5) is 22.4. The van der Waals surface area contributed by atoms with E-state index in [1.54, 1.807) is 0 Å². The molecule has 1 aromatic carbocycles. The van der Waals surface area contributed by atoms with E-state index >= 15 is 0 Å². The van der Waals surface area contributed by atoms with E-state index in [2.05, 4.69) is 10.6 Å². The highest BCUT2D eigenvalue weighted by Gasteiger charge is 2.08. The number of carbonyl (C=O) groups excluding carboxylic acids is 2. The van der Waals surface area contributed by atoms with Crippen molar-refractivity contribution in [3.8, 4) is 0 Å². The first-order chi connectivity index (χ1) is 7.54. The second-order valence-corrected chi connectivity index (χ2v) is 3.50. The van der Waals surface area contributed by atoms with Crippen LogP contribution in [0.3, 0.4) is 0 Å². The number of halogens is 1. The number of benzene rings is 1. The molecule has 4 N–H and O–H groups in total. The first-order valence-electron chi connectivity index (χ1n) is 4.58. The second kappa shape index (κ2) is 5.37. The molecule has 5 nitrogen and oxygen atoms in total. The van der Waals surface area contributed by atoms with E-state index in [4.69, 9.17) is 17.3 Å². The number of nitrogens with one attached hydrogen (secondary N) is 2. The number of likely N-dealkylation sites (N-methyl/N-ethyl adjacent to an activating group) is 1. The van der Waals surface area contributed by atoms with Gasteiger partial charge >= 0.3 is 0 Å². The predicted molar refractivity (Wildman–Crippen MR) is 62.3 cm³/mol. The Bertz CT molecular complexity index is 421. The van der Waals surface area contributed by atoms with Gasteiger partial charge in [0.2, 0.25) is 5.91 Å². The third-order valence-corrected chi connectivity index (χ3v) is 2.29. The van der Waals surface area contributed by atoms with Crippen molar-refractivity contribution in [3.05, 3.63) is 28.8 Å². The molecular weight excluding hydrogens is 230 g/mol. The average molecular weight is 242 g/mol. The van der Waals surface area contributed by atoms with Crippen LogP contribution in [0.5, 0.6) is 0 Å². The van der Waals surface area contributed by atoms with E-state index in [0.717, 1.165) is 0 Å². The van der Waals surface area contributed by atoms with E-state index in [-0.39, 0.29) is 18.4 Å². The normalized spacial score (nSPS) is 9.62. The Morgan fingerprint density at radius 3 is 2.69 bits per heavy atom. The van der Waals surface area contributed by atoms with E-state index in [1.165, 1.54) is 25.2 Å². The summed E-state index contributed by atoms with van der Waals surface area (Å²) in [5, 5.41) is 5.23. The highest BCUT2D eigenvalue weighted by atomic mass is 35.5. The molecule has 0 fully saturated rings. The lowest BCUT2D eigenvalue weighted by atomic mass is 10.2. The van der Waals surface area contributed by atoms with Crippen LogP contribution < -0.4 is 16.4 Å². The molecule has 0 heterocycles. The summed E-state index contributed by atoms with van der Waals surface area (Å²) in [5.41, 5.74) is 6.24. The quantitative estimate of drug-likeness (QED) is 0.670. The molecule has 0 aliphatic heterocycles. The highest BCUT2D eigenvalue weighted by molar-refractivity contribution is 6.33. The van der Waals surface area contributed by atoms with Crippen LogP contribution in [0.1, 0.15) is 10.4 Å². The van der Waals surface area contributed by atoms with Gasteiger partial charge in [0.25, 0.3) is 5.91 Å². The highest BCUT2D eigenvalue weighted by Crippen LogP contribution is 2.19. The Morgan fingerprint density at radius 2 is 2.12 bits per heavy atom. The molecule has 0 aromatic heterocycles. The third-order valence-electron chi connectivity index (χ3n) is 1.95. The predicted octanol–water partition coefficient (Wildman–Crippen LogP) is 0.398. The summed E-state index contributed by atoms with van der Waals surface area (Å²) in [7, 11) is 1.49. The van der Waals surface area contributed by atoms with Gasteiger partial charge in [-0.25, -0.2) is 0 Å². The maximum absolute atomic E-state index is 11.5. The van der Waals surface area contributed by atoms with Crippen LogP contribution in [-0.4, -0.2) is 25.4 Å². The second-order valence-electron chi connectivity index (χ2n) is 3.09. The van der Waals surface area contributed by atoms with Gasteiger partial charge in [0.15, 0.2) is 0 Å². The number of anilines is 1. The maximum atomic E-state index is 11.5. The monoisotopic (exact) mass is 241 g/mol. The number of nitrogens with two attached hydrogens (primary N) is 1. The molecule has 16 heavy (non-hydrogen) atoms. The molecule has 0 bridgehead atoms. The van der Waals surface area contributed by atoms with Gasteiger partial charge in [-0.15, -0.1) is 0 Å². The summed E-state index contributed by atoms with van der Waals surface area (Å²) in [6, 6.07) is 4.53. The fourth-order valence-electron chi connectivity index (χ4n) is 1.04. The molecule has 86 valence electrons. The molecule has 1 rings (SSSR count). The molecule has 0 saturated carbocycles. The lowest BCUT2D eigenvalue weighted by Gasteiger charge is -2.05.